The van der Waals surface area contributed by atoms with Gasteiger partial charge in [-0.1, -0.05) is 86.1 Å². The predicted molar refractivity (Wildman–Crippen MR) is 191 cm³/mol. The molecule has 0 saturated carbocycles. The molecule has 0 bridgehead atoms. The molecule has 0 spiro atoms. The molecule has 0 aliphatic heterocycles. The van der Waals surface area contributed by atoms with Crippen molar-refractivity contribution in [2.45, 2.75) is 72.3 Å². The summed E-state index contributed by atoms with van der Waals surface area (Å²) >= 11 is 6.33. The molecule has 1 heterocycles. The molecule has 4 rings (SSSR count). The average molecular weight is 676 g/mol. The molecule has 0 fully saturated rings. The molecule has 1 aromatic heterocycles. The van der Waals surface area contributed by atoms with Crippen molar-refractivity contribution in [1.82, 2.24) is 20.2 Å². The van der Waals surface area contributed by atoms with Crippen LogP contribution in [0.15, 0.2) is 83.7 Å². The van der Waals surface area contributed by atoms with Crippen molar-refractivity contribution in [1.29, 1.82) is 0 Å². The zero-order chi connectivity index (χ0) is 34.7. The zero-order valence-corrected chi connectivity index (χ0v) is 29.1. The number of anilines is 1. The summed E-state index contributed by atoms with van der Waals surface area (Å²) in [5.41, 5.74) is 1.48. The Bertz CT molecular complexity index is 1710. The number of hydrogen-bond donors (Lipinski definition) is 2. The minimum absolute atomic E-state index is 0.175. The average Bonchev–Trinajstić information content (AvgIpc) is 3.02. The first kappa shape index (κ1) is 36.3. The summed E-state index contributed by atoms with van der Waals surface area (Å²) in [6.07, 6.45) is -0.00333. The lowest BCUT2D eigenvalue weighted by atomic mass is 10.1. The van der Waals surface area contributed by atoms with Gasteiger partial charge in [-0.25, -0.2) is 14.6 Å². The number of ether oxygens (including phenoxy) is 2. The lowest BCUT2D eigenvalue weighted by Gasteiger charge is -2.32. The normalized spacial score (nSPS) is 12.1. The lowest BCUT2D eigenvalue weighted by Crippen LogP contribution is -2.48. The van der Waals surface area contributed by atoms with Crippen LogP contribution in [0.3, 0.4) is 0 Å². The quantitative estimate of drug-likeness (QED) is 0.136. The second kappa shape index (κ2) is 17.0. The monoisotopic (exact) mass is 675 g/mol. The van der Waals surface area contributed by atoms with Crippen LogP contribution in [0.2, 0.25) is 5.02 Å². The van der Waals surface area contributed by atoms with E-state index in [0.717, 1.165) is 11.1 Å². The summed E-state index contributed by atoms with van der Waals surface area (Å²) in [6.45, 7) is 11.3. The van der Waals surface area contributed by atoms with Gasteiger partial charge in [0.25, 0.3) is 5.56 Å². The van der Waals surface area contributed by atoms with Crippen molar-refractivity contribution in [2.24, 2.45) is 5.92 Å². The number of amides is 2. The number of aromatic nitrogens is 2. The Morgan fingerprint density at radius 1 is 0.938 bits per heavy atom. The largest absolute Gasteiger partial charge is 0.445 e. The molecule has 256 valence electrons. The SMILES string of the molecule is CC(C)CN(C[C@H](CCCNC(=O)OCc1ccccc1)NC(=O)OC(C)(C)C)c1nc2cc(Cl)ccc2c(=O)n1Cc1ccccc1. The van der Waals surface area contributed by atoms with Crippen LogP contribution in [0.5, 0.6) is 0 Å². The summed E-state index contributed by atoms with van der Waals surface area (Å²) in [5.74, 6) is 0.677. The van der Waals surface area contributed by atoms with Gasteiger partial charge in [0.05, 0.1) is 17.4 Å². The Kier molecular flexibility index (Phi) is 12.9. The van der Waals surface area contributed by atoms with Crippen LogP contribution < -0.4 is 21.1 Å². The Hall–Kier alpha value is -4.57. The molecule has 0 radical (unpaired) electrons. The molecular weight excluding hydrogens is 630 g/mol. The van der Waals surface area contributed by atoms with Gasteiger partial charge in [0, 0.05) is 30.7 Å². The van der Waals surface area contributed by atoms with Crippen LogP contribution >= 0.6 is 11.6 Å². The van der Waals surface area contributed by atoms with Crippen molar-refractivity contribution in [2.75, 3.05) is 24.5 Å². The highest BCUT2D eigenvalue weighted by molar-refractivity contribution is 6.31. The van der Waals surface area contributed by atoms with Gasteiger partial charge in [-0.05, 0) is 68.9 Å². The van der Waals surface area contributed by atoms with Crippen molar-refractivity contribution in [3.05, 3.63) is 105 Å². The summed E-state index contributed by atoms with van der Waals surface area (Å²) in [7, 11) is 0. The zero-order valence-electron chi connectivity index (χ0n) is 28.4. The number of rotatable bonds is 14. The molecule has 0 unspecified atom stereocenters. The number of carbonyl (C=O) groups is 2. The van der Waals surface area contributed by atoms with Crippen molar-refractivity contribution < 1.29 is 19.1 Å². The van der Waals surface area contributed by atoms with Gasteiger partial charge < -0.3 is 25.0 Å². The standard InChI is InChI=1S/C37H46ClN5O5/c1-26(2)22-42(34-41-32-21-29(38)18-19-31(32)33(44)43(34)23-27-13-8-6-9-14-27)24-30(40-36(46)48-37(3,4)5)17-12-20-39-35(45)47-25-28-15-10-7-11-16-28/h6-11,13-16,18-19,21,26,30H,12,17,20,22-25H2,1-5H3,(H,39,45)(H,40,46)/t30-/m0/s1. The van der Waals surface area contributed by atoms with E-state index in [4.69, 9.17) is 26.1 Å². The van der Waals surface area contributed by atoms with E-state index in [9.17, 15) is 14.4 Å². The van der Waals surface area contributed by atoms with Crippen LogP contribution in [0.4, 0.5) is 15.5 Å². The van der Waals surface area contributed by atoms with E-state index in [1.807, 2.05) is 86.3 Å². The maximum Gasteiger partial charge on any atom is 0.407 e. The third-order valence-electron chi connectivity index (χ3n) is 7.32. The van der Waals surface area contributed by atoms with Gasteiger partial charge >= 0.3 is 12.2 Å². The maximum atomic E-state index is 14.0. The molecule has 0 aliphatic carbocycles. The number of hydrogen-bond acceptors (Lipinski definition) is 7. The minimum atomic E-state index is -0.689. The van der Waals surface area contributed by atoms with E-state index in [-0.39, 0.29) is 18.1 Å². The van der Waals surface area contributed by atoms with Gasteiger partial charge in [-0.15, -0.1) is 0 Å². The molecule has 10 nitrogen and oxygen atoms in total. The Balaban J connectivity index is 1.59. The van der Waals surface area contributed by atoms with E-state index in [2.05, 4.69) is 24.5 Å². The predicted octanol–water partition coefficient (Wildman–Crippen LogP) is 7.16. The minimum Gasteiger partial charge on any atom is -0.445 e. The summed E-state index contributed by atoms with van der Waals surface area (Å²) in [5, 5.41) is 6.78. The van der Waals surface area contributed by atoms with Crippen LogP contribution in [-0.2, 0) is 22.6 Å². The Morgan fingerprint density at radius 2 is 1.60 bits per heavy atom. The highest BCUT2D eigenvalue weighted by Gasteiger charge is 2.25. The number of alkyl carbamates (subject to hydrolysis) is 2. The summed E-state index contributed by atoms with van der Waals surface area (Å²) < 4.78 is 12.6. The smallest absolute Gasteiger partial charge is 0.407 e. The topological polar surface area (TPSA) is 115 Å². The molecule has 1 atom stereocenters. The fourth-order valence-electron chi connectivity index (χ4n) is 5.27. The number of carbonyl (C=O) groups excluding carboxylic acids is 2. The first-order valence-corrected chi connectivity index (χ1v) is 16.7. The maximum absolute atomic E-state index is 14.0. The molecule has 0 aliphatic rings. The molecule has 2 N–H and O–H groups in total. The number of benzene rings is 3. The highest BCUT2D eigenvalue weighted by Crippen LogP contribution is 2.22. The number of fused-ring (bicyclic) bond motifs is 1. The van der Waals surface area contributed by atoms with Gasteiger partial charge in [0.15, 0.2) is 0 Å². The number of nitrogens with one attached hydrogen (secondary N) is 2. The van der Waals surface area contributed by atoms with Gasteiger partial charge in [-0.2, -0.15) is 0 Å². The highest BCUT2D eigenvalue weighted by atomic mass is 35.5. The number of nitrogens with zero attached hydrogens (tertiary/aromatic N) is 3. The first-order chi connectivity index (χ1) is 22.9. The molecular formula is C37H46ClN5O5. The van der Waals surface area contributed by atoms with E-state index in [1.165, 1.54) is 0 Å². The van der Waals surface area contributed by atoms with Crippen LogP contribution in [0.25, 0.3) is 10.9 Å². The fraction of sp³-hybridized carbons (Fsp3) is 0.405. The summed E-state index contributed by atoms with van der Waals surface area (Å²) in [6, 6.07) is 23.9. The lowest BCUT2D eigenvalue weighted by molar-refractivity contribution is 0.0502. The second-order valence-electron chi connectivity index (χ2n) is 13.2. The molecule has 3 aromatic carbocycles. The molecule has 0 saturated heterocycles. The van der Waals surface area contributed by atoms with E-state index in [0.29, 0.717) is 60.9 Å². The van der Waals surface area contributed by atoms with Crippen LogP contribution in [-0.4, -0.2) is 53.0 Å². The van der Waals surface area contributed by atoms with E-state index < -0.39 is 23.8 Å². The third kappa shape index (κ3) is 11.3. The van der Waals surface area contributed by atoms with E-state index >= 15 is 0 Å². The molecule has 11 heteroatoms. The van der Waals surface area contributed by atoms with Crippen molar-refractivity contribution in [3.8, 4) is 0 Å². The third-order valence-corrected chi connectivity index (χ3v) is 7.56. The Labute approximate surface area is 287 Å². The van der Waals surface area contributed by atoms with E-state index in [1.54, 1.807) is 22.8 Å². The van der Waals surface area contributed by atoms with Crippen molar-refractivity contribution in [3.63, 3.8) is 0 Å². The number of halogens is 1. The Morgan fingerprint density at radius 3 is 2.25 bits per heavy atom. The van der Waals surface area contributed by atoms with Crippen molar-refractivity contribution >= 4 is 40.6 Å². The summed E-state index contributed by atoms with van der Waals surface area (Å²) in [4.78, 5) is 46.4. The van der Waals surface area contributed by atoms with Gasteiger partial charge in [0.2, 0.25) is 5.95 Å². The second-order valence-corrected chi connectivity index (χ2v) is 13.7. The van der Waals surface area contributed by atoms with Crippen LogP contribution in [0.1, 0.15) is 58.6 Å². The molecule has 48 heavy (non-hydrogen) atoms. The molecule has 4 aromatic rings. The van der Waals surface area contributed by atoms with Crippen LogP contribution in [0, 0.1) is 5.92 Å². The van der Waals surface area contributed by atoms with Gasteiger partial charge in [0.1, 0.15) is 12.2 Å². The fourth-order valence-corrected chi connectivity index (χ4v) is 5.44. The van der Waals surface area contributed by atoms with Gasteiger partial charge in [-0.3, -0.25) is 9.36 Å². The molecule has 2 amide bonds. The first-order valence-electron chi connectivity index (χ1n) is 16.3.